The van der Waals surface area contributed by atoms with E-state index in [1.807, 2.05) is 0 Å². The minimum absolute atomic E-state index is 0.422. The molecule has 1 heteroatoms. The molecule has 1 aliphatic rings. The zero-order valence-corrected chi connectivity index (χ0v) is 11.3. The van der Waals surface area contributed by atoms with Crippen LogP contribution in [0.4, 0.5) is 0 Å². The van der Waals surface area contributed by atoms with Gasteiger partial charge in [0.15, 0.2) is 0 Å². The van der Waals surface area contributed by atoms with Gasteiger partial charge < -0.3 is 4.90 Å². The normalized spacial score (nSPS) is 17.3. The van der Waals surface area contributed by atoms with Gasteiger partial charge in [-0.15, -0.1) is 0 Å². The summed E-state index contributed by atoms with van der Waals surface area (Å²) in [6, 6.07) is 15.5. The second-order valence-corrected chi connectivity index (χ2v) is 5.64. The number of nitrogens with zero attached hydrogens (tertiary/aromatic N) is 1. The van der Waals surface area contributed by atoms with Crippen molar-refractivity contribution < 1.29 is 0 Å². The van der Waals surface area contributed by atoms with Gasteiger partial charge in [0, 0.05) is 12.0 Å². The van der Waals surface area contributed by atoms with E-state index in [0.717, 1.165) is 6.54 Å². The average Bonchev–Trinajstić information content (AvgIpc) is 3.18. The number of hydrogen-bond acceptors (Lipinski definition) is 1. The van der Waals surface area contributed by atoms with Crippen molar-refractivity contribution in [3.05, 3.63) is 48.0 Å². The van der Waals surface area contributed by atoms with Crippen molar-refractivity contribution >= 4 is 10.8 Å². The number of fused-ring (bicyclic) bond motifs is 1. The van der Waals surface area contributed by atoms with E-state index in [9.17, 15) is 0 Å². The third kappa shape index (κ3) is 1.93. The van der Waals surface area contributed by atoms with E-state index < -0.39 is 0 Å². The first kappa shape index (κ1) is 11.7. The van der Waals surface area contributed by atoms with Crippen molar-refractivity contribution in [1.29, 1.82) is 0 Å². The predicted octanol–water partition coefficient (Wildman–Crippen LogP) is 3.82. The maximum Gasteiger partial charge on any atom is 0.00869 e. The second-order valence-electron chi connectivity index (χ2n) is 5.64. The molecule has 0 saturated heterocycles. The van der Waals surface area contributed by atoms with E-state index in [2.05, 4.69) is 61.3 Å². The summed E-state index contributed by atoms with van der Waals surface area (Å²) in [6.07, 6.45) is 2.68. The lowest BCUT2D eigenvalue weighted by Gasteiger charge is -2.24. The van der Waals surface area contributed by atoms with E-state index in [0.29, 0.717) is 5.41 Å². The van der Waals surface area contributed by atoms with Crippen LogP contribution < -0.4 is 0 Å². The highest BCUT2D eigenvalue weighted by Crippen LogP contribution is 2.50. The first-order valence-electron chi connectivity index (χ1n) is 6.92. The third-order valence-electron chi connectivity index (χ3n) is 4.33. The highest BCUT2D eigenvalue weighted by atomic mass is 15.1. The van der Waals surface area contributed by atoms with Gasteiger partial charge in [-0.2, -0.15) is 0 Å². The van der Waals surface area contributed by atoms with Crippen LogP contribution in [0.3, 0.4) is 0 Å². The fourth-order valence-electron chi connectivity index (χ4n) is 2.98. The Kier molecular flexibility index (Phi) is 2.87. The van der Waals surface area contributed by atoms with Gasteiger partial charge in [0.1, 0.15) is 0 Å². The number of rotatable bonds is 4. The van der Waals surface area contributed by atoms with Crippen LogP contribution in [0.1, 0.15) is 25.3 Å². The van der Waals surface area contributed by atoms with E-state index in [1.165, 1.54) is 30.2 Å². The fraction of sp³-hybridized carbons (Fsp3) is 0.412. The van der Waals surface area contributed by atoms with Crippen molar-refractivity contribution in [2.24, 2.45) is 0 Å². The molecule has 0 radical (unpaired) electrons. The molecule has 0 atom stereocenters. The summed E-state index contributed by atoms with van der Waals surface area (Å²) in [5.41, 5.74) is 1.98. The molecule has 3 rings (SSSR count). The minimum atomic E-state index is 0.422. The molecule has 0 amide bonds. The van der Waals surface area contributed by atoms with E-state index >= 15 is 0 Å². The molecule has 0 aromatic heterocycles. The van der Waals surface area contributed by atoms with Crippen molar-refractivity contribution in [1.82, 2.24) is 4.90 Å². The molecular formula is C17H21N. The summed E-state index contributed by atoms with van der Waals surface area (Å²) in [7, 11) is 2.23. The lowest BCUT2D eigenvalue weighted by atomic mass is 9.90. The van der Waals surface area contributed by atoms with Crippen LogP contribution in [0.25, 0.3) is 10.8 Å². The molecule has 2 aromatic rings. The summed E-state index contributed by atoms with van der Waals surface area (Å²) >= 11 is 0. The molecule has 0 heterocycles. The van der Waals surface area contributed by atoms with Crippen LogP contribution >= 0.6 is 0 Å². The first-order chi connectivity index (χ1) is 8.75. The van der Waals surface area contributed by atoms with Crippen molar-refractivity contribution in [3.63, 3.8) is 0 Å². The van der Waals surface area contributed by atoms with Crippen molar-refractivity contribution in [2.45, 2.75) is 25.2 Å². The molecule has 1 nitrogen and oxygen atoms in total. The molecule has 0 aliphatic heterocycles. The molecule has 18 heavy (non-hydrogen) atoms. The Bertz CT molecular complexity index is 549. The van der Waals surface area contributed by atoms with Gasteiger partial charge in [-0.05, 0) is 42.8 Å². The van der Waals surface area contributed by atoms with Crippen LogP contribution in [-0.4, -0.2) is 25.0 Å². The third-order valence-corrected chi connectivity index (χ3v) is 4.33. The summed E-state index contributed by atoms with van der Waals surface area (Å²) in [4.78, 5) is 2.44. The van der Waals surface area contributed by atoms with Gasteiger partial charge in [0.05, 0.1) is 0 Å². The molecule has 0 N–H and O–H groups in total. The summed E-state index contributed by atoms with van der Waals surface area (Å²) in [6.45, 7) is 4.56. The van der Waals surface area contributed by atoms with Crippen LogP contribution in [0.15, 0.2) is 42.5 Å². The highest BCUT2D eigenvalue weighted by Gasteiger charge is 2.45. The maximum atomic E-state index is 2.44. The average molecular weight is 239 g/mol. The fourth-order valence-corrected chi connectivity index (χ4v) is 2.98. The van der Waals surface area contributed by atoms with Crippen LogP contribution in [0.5, 0.6) is 0 Å². The molecule has 1 aliphatic carbocycles. The lowest BCUT2D eigenvalue weighted by Crippen LogP contribution is -2.29. The zero-order chi connectivity index (χ0) is 12.6. The first-order valence-corrected chi connectivity index (χ1v) is 6.92. The van der Waals surface area contributed by atoms with E-state index in [1.54, 1.807) is 5.56 Å². The van der Waals surface area contributed by atoms with Gasteiger partial charge in [0.2, 0.25) is 0 Å². The molecule has 0 unspecified atom stereocenters. The smallest absolute Gasteiger partial charge is 0.00869 e. The van der Waals surface area contributed by atoms with Crippen LogP contribution in [0, 0.1) is 0 Å². The summed E-state index contributed by atoms with van der Waals surface area (Å²) in [5.74, 6) is 0. The molecule has 2 aromatic carbocycles. The lowest BCUT2D eigenvalue weighted by molar-refractivity contribution is 0.318. The largest absolute Gasteiger partial charge is 0.306 e. The quantitative estimate of drug-likeness (QED) is 0.784. The predicted molar refractivity (Wildman–Crippen MR) is 78.0 cm³/mol. The molecular weight excluding hydrogens is 218 g/mol. The topological polar surface area (TPSA) is 3.24 Å². The van der Waals surface area contributed by atoms with E-state index in [-0.39, 0.29) is 0 Å². The molecule has 0 spiro atoms. The Morgan fingerprint density at radius 3 is 2.50 bits per heavy atom. The Morgan fingerprint density at radius 1 is 1.06 bits per heavy atom. The Labute approximate surface area is 109 Å². The minimum Gasteiger partial charge on any atom is -0.306 e. The SMILES string of the molecule is CCN(C)CC1(c2cccc3ccccc23)CC1. The number of benzene rings is 2. The zero-order valence-electron chi connectivity index (χ0n) is 11.3. The monoisotopic (exact) mass is 239 g/mol. The number of hydrogen-bond donors (Lipinski definition) is 0. The summed E-state index contributed by atoms with van der Waals surface area (Å²) < 4.78 is 0. The van der Waals surface area contributed by atoms with Gasteiger partial charge in [-0.1, -0.05) is 49.4 Å². The van der Waals surface area contributed by atoms with Gasteiger partial charge in [-0.25, -0.2) is 0 Å². The maximum absolute atomic E-state index is 2.44. The van der Waals surface area contributed by atoms with Crippen LogP contribution in [-0.2, 0) is 5.41 Å². The van der Waals surface area contributed by atoms with Crippen molar-refractivity contribution in [3.8, 4) is 0 Å². The highest BCUT2D eigenvalue weighted by molar-refractivity contribution is 5.87. The number of likely N-dealkylation sites (N-methyl/N-ethyl adjacent to an activating group) is 1. The molecule has 94 valence electrons. The molecule has 1 fully saturated rings. The van der Waals surface area contributed by atoms with Crippen LogP contribution in [0.2, 0.25) is 0 Å². The standard InChI is InChI=1S/C17H21N/c1-3-18(2)13-17(11-12-17)16-10-6-8-14-7-4-5-9-15(14)16/h4-10H,3,11-13H2,1-2H3. The molecule has 0 bridgehead atoms. The Balaban J connectivity index is 2.04. The Hall–Kier alpha value is -1.34. The van der Waals surface area contributed by atoms with Gasteiger partial charge in [0.25, 0.3) is 0 Å². The van der Waals surface area contributed by atoms with Gasteiger partial charge >= 0.3 is 0 Å². The second kappa shape index (κ2) is 4.40. The summed E-state index contributed by atoms with van der Waals surface area (Å²) in [5, 5.41) is 2.82. The van der Waals surface area contributed by atoms with E-state index in [4.69, 9.17) is 0 Å². The van der Waals surface area contributed by atoms with Gasteiger partial charge in [-0.3, -0.25) is 0 Å². The Morgan fingerprint density at radius 2 is 1.78 bits per heavy atom. The molecule has 1 saturated carbocycles. The van der Waals surface area contributed by atoms with Crippen molar-refractivity contribution in [2.75, 3.05) is 20.1 Å².